The number of halogens is 1. The largest absolute Gasteiger partial charge is 0.328 e. The van der Waals surface area contributed by atoms with E-state index in [4.69, 9.17) is 5.73 Å². The number of hydrogen-bond acceptors (Lipinski definition) is 2. The van der Waals surface area contributed by atoms with Gasteiger partial charge in [-0.1, -0.05) is 0 Å². The molecule has 1 aliphatic rings. The Kier molecular flexibility index (Phi) is 1.96. The molecule has 4 heteroatoms. The van der Waals surface area contributed by atoms with Gasteiger partial charge in [-0.05, 0) is 35.2 Å². The first-order chi connectivity index (χ1) is 5.77. The average Bonchev–Trinajstić information content (AvgIpc) is 2.35. The first kappa shape index (κ1) is 8.26. The van der Waals surface area contributed by atoms with Crippen LogP contribution in [0.4, 0.5) is 0 Å². The first-order valence-corrected chi connectivity index (χ1v) is 4.97. The second-order valence-corrected chi connectivity index (χ2v) is 4.30. The van der Waals surface area contributed by atoms with Crippen LogP contribution in [0.15, 0.2) is 16.9 Å². The van der Waals surface area contributed by atoms with Gasteiger partial charge in [-0.15, -0.1) is 0 Å². The van der Waals surface area contributed by atoms with Crippen molar-refractivity contribution in [2.75, 3.05) is 6.54 Å². The highest BCUT2D eigenvalue weighted by molar-refractivity contribution is 9.10. The monoisotopic (exact) mass is 229 g/mol. The highest BCUT2D eigenvalue weighted by Crippen LogP contribution is 2.37. The van der Waals surface area contributed by atoms with E-state index in [9.17, 15) is 0 Å². The maximum atomic E-state index is 5.73. The molecule has 1 aliphatic carbocycles. The molecule has 66 valence electrons. The quantitative estimate of drug-likeness (QED) is 0.836. The van der Waals surface area contributed by atoms with Gasteiger partial charge < -0.3 is 5.73 Å². The summed E-state index contributed by atoms with van der Waals surface area (Å²) in [7, 11) is 0. The van der Waals surface area contributed by atoms with Crippen LogP contribution in [-0.2, 0) is 5.54 Å². The Morgan fingerprint density at radius 1 is 1.67 bits per heavy atom. The van der Waals surface area contributed by atoms with Gasteiger partial charge in [0.2, 0.25) is 0 Å². The van der Waals surface area contributed by atoms with Crippen molar-refractivity contribution in [3.63, 3.8) is 0 Å². The topological polar surface area (TPSA) is 43.8 Å². The van der Waals surface area contributed by atoms with E-state index in [1.165, 1.54) is 6.42 Å². The predicted octanol–water partition coefficient (Wildman–Crippen LogP) is 1.48. The molecule has 1 fully saturated rings. The number of nitrogens with two attached hydrogens (primary N) is 1. The normalized spacial score (nSPS) is 20.5. The fourth-order valence-electron chi connectivity index (χ4n) is 1.67. The molecule has 1 heterocycles. The minimum atomic E-state index is 0.131. The molecule has 3 nitrogen and oxygen atoms in total. The number of nitrogens with zero attached hydrogens (tertiary/aromatic N) is 2. The predicted molar refractivity (Wildman–Crippen MR) is 50.8 cm³/mol. The van der Waals surface area contributed by atoms with E-state index in [1.807, 2.05) is 17.1 Å². The molecule has 0 saturated heterocycles. The minimum absolute atomic E-state index is 0.131. The maximum absolute atomic E-state index is 5.73. The zero-order valence-electron chi connectivity index (χ0n) is 6.83. The molecule has 0 atom stereocenters. The molecule has 0 radical (unpaired) electrons. The lowest BCUT2D eigenvalue weighted by atomic mass is 9.77. The maximum Gasteiger partial charge on any atom is 0.0749 e. The van der Waals surface area contributed by atoms with Gasteiger partial charge in [0.25, 0.3) is 0 Å². The Morgan fingerprint density at radius 2 is 2.42 bits per heavy atom. The fourth-order valence-corrected chi connectivity index (χ4v) is 1.96. The van der Waals surface area contributed by atoms with Crippen molar-refractivity contribution in [2.24, 2.45) is 5.73 Å². The van der Waals surface area contributed by atoms with Crippen LogP contribution in [0.1, 0.15) is 19.3 Å². The summed E-state index contributed by atoms with van der Waals surface area (Å²) < 4.78 is 3.03. The molecule has 0 unspecified atom stereocenters. The van der Waals surface area contributed by atoms with E-state index < -0.39 is 0 Å². The van der Waals surface area contributed by atoms with Crippen molar-refractivity contribution in [3.05, 3.63) is 16.9 Å². The van der Waals surface area contributed by atoms with Gasteiger partial charge in [0.05, 0.1) is 16.2 Å². The summed E-state index contributed by atoms with van der Waals surface area (Å²) in [5.41, 5.74) is 5.86. The lowest BCUT2D eigenvalue weighted by Crippen LogP contribution is -2.47. The van der Waals surface area contributed by atoms with Crippen LogP contribution in [0.5, 0.6) is 0 Å². The Morgan fingerprint density at radius 3 is 2.75 bits per heavy atom. The van der Waals surface area contributed by atoms with Gasteiger partial charge in [-0.2, -0.15) is 5.10 Å². The summed E-state index contributed by atoms with van der Waals surface area (Å²) in [4.78, 5) is 0. The smallest absolute Gasteiger partial charge is 0.0749 e. The third kappa shape index (κ3) is 1.10. The number of rotatable bonds is 2. The van der Waals surface area contributed by atoms with E-state index in [1.54, 1.807) is 0 Å². The van der Waals surface area contributed by atoms with Crippen LogP contribution in [0.3, 0.4) is 0 Å². The van der Waals surface area contributed by atoms with Crippen molar-refractivity contribution in [1.82, 2.24) is 9.78 Å². The molecule has 0 amide bonds. The summed E-state index contributed by atoms with van der Waals surface area (Å²) >= 11 is 3.38. The molecule has 12 heavy (non-hydrogen) atoms. The van der Waals surface area contributed by atoms with Crippen LogP contribution in [0.25, 0.3) is 0 Å². The molecule has 0 bridgehead atoms. The van der Waals surface area contributed by atoms with Gasteiger partial charge in [0.15, 0.2) is 0 Å². The Bertz CT molecular complexity index is 272. The Balaban J connectivity index is 2.27. The molecule has 2 N–H and O–H groups in total. The van der Waals surface area contributed by atoms with Gasteiger partial charge in [-0.25, -0.2) is 0 Å². The van der Waals surface area contributed by atoms with E-state index in [-0.39, 0.29) is 5.54 Å². The van der Waals surface area contributed by atoms with E-state index in [0.29, 0.717) is 6.54 Å². The third-order valence-electron chi connectivity index (χ3n) is 2.70. The summed E-state index contributed by atoms with van der Waals surface area (Å²) in [6.45, 7) is 0.696. The van der Waals surface area contributed by atoms with Gasteiger partial charge in [0, 0.05) is 12.7 Å². The van der Waals surface area contributed by atoms with Gasteiger partial charge in [0.1, 0.15) is 0 Å². The second kappa shape index (κ2) is 2.85. The van der Waals surface area contributed by atoms with E-state index in [2.05, 4.69) is 21.0 Å². The highest BCUT2D eigenvalue weighted by atomic mass is 79.9. The molecular formula is C8H12BrN3. The summed E-state index contributed by atoms with van der Waals surface area (Å²) in [5, 5.41) is 4.27. The number of hydrogen-bond donors (Lipinski definition) is 1. The molecule has 1 aromatic rings. The van der Waals surface area contributed by atoms with Crippen molar-refractivity contribution in [3.8, 4) is 0 Å². The molecule has 1 saturated carbocycles. The standard InChI is InChI=1S/C8H12BrN3/c9-7-4-11-12(5-7)8(6-10)2-1-3-8/h4-5H,1-3,6,10H2. The van der Waals surface area contributed by atoms with Crippen LogP contribution < -0.4 is 5.73 Å². The van der Waals surface area contributed by atoms with Crippen molar-refractivity contribution in [2.45, 2.75) is 24.8 Å². The zero-order chi connectivity index (χ0) is 8.60. The van der Waals surface area contributed by atoms with Crippen LogP contribution >= 0.6 is 15.9 Å². The molecule has 0 spiro atoms. The zero-order valence-corrected chi connectivity index (χ0v) is 8.42. The molecule has 2 rings (SSSR count). The first-order valence-electron chi connectivity index (χ1n) is 4.18. The van der Waals surface area contributed by atoms with Crippen molar-refractivity contribution < 1.29 is 0 Å². The fraction of sp³-hybridized carbons (Fsp3) is 0.625. The van der Waals surface area contributed by atoms with Crippen molar-refractivity contribution >= 4 is 15.9 Å². The molecule has 0 aliphatic heterocycles. The molecular weight excluding hydrogens is 218 g/mol. The lowest BCUT2D eigenvalue weighted by molar-refractivity contribution is 0.134. The molecule has 0 aromatic carbocycles. The van der Waals surface area contributed by atoms with Crippen LogP contribution in [-0.4, -0.2) is 16.3 Å². The lowest BCUT2D eigenvalue weighted by Gasteiger charge is -2.41. The SMILES string of the molecule is NCC1(n2cc(Br)cn2)CCC1. The van der Waals surface area contributed by atoms with E-state index in [0.717, 1.165) is 17.3 Å². The Hall–Kier alpha value is -0.350. The van der Waals surface area contributed by atoms with E-state index >= 15 is 0 Å². The van der Waals surface area contributed by atoms with Crippen LogP contribution in [0.2, 0.25) is 0 Å². The average molecular weight is 230 g/mol. The summed E-state index contributed by atoms with van der Waals surface area (Å²) in [5.74, 6) is 0. The Labute approximate surface area is 80.1 Å². The minimum Gasteiger partial charge on any atom is -0.328 e. The van der Waals surface area contributed by atoms with Gasteiger partial charge in [-0.3, -0.25) is 4.68 Å². The highest BCUT2D eigenvalue weighted by Gasteiger charge is 2.38. The third-order valence-corrected chi connectivity index (χ3v) is 3.11. The van der Waals surface area contributed by atoms with Crippen LogP contribution in [0, 0.1) is 0 Å². The van der Waals surface area contributed by atoms with Gasteiger partial charge >= 0.3 is 0 Å². The second-order valence-electron chi connectivity index (χ2n) is 3.39. The number of aromatic nitrogens is 2. The van der Waals surface area contributed by atoms with Crippen molar-refractivity contribution in [1.29, 1.82) is 0 Å². The summed E-state index contributed by atoms with van der Waals surface area (Å²) in [6.07, 6.45) is 7.42. The summed E-state index contributed by atoms with van der Waals surface area (Å²) in [6, 6.07) is 0. The molecule has 1 aromatic heterocycles.